The Hall–Kier alpha value is -1.06. The monoisotopic (exact) mass is 170 g/mol. The van der Waals surface area contributed by atoms with E-state index in [1.54, 1.807) is 4.90 Å². The van der Waals surface area contributed by atoms with Crippen molar-refractivity contribution in [1.29, 1.82) is 0 Å². The Labute approximate surface area is 71.9 Å². The maximum Gasteiger partial charge on any atom is 0.312 e. The average molecular weight is 170 g/mol. The average Bonchev–Trinajstić information content (AvgIpc) is 1.92. The lowest BCUT2D eigenvalue weighted by atomic mass is 10.0. The van der Waals surface area contributed by atoms with Crippen molar-refractivity contribution in [2.75, 3.05) is 13.1 Å². The van der Waals surface area contributed by atoms with E-state index in [0.717, 1.165) is 0 Å². The molecule has 12 heavy (non-hydrogen) atoms. The molecule has 1 aliphatic rings. The van der Waals surface area contributed by atoms with E-state index in [-0.39, 0.29) is 5.54 Å². The van der Waals surface area contributed by atoms with Crippen LogP contribution in [0.25, 0.3) is 0 Å². The Morgan fingerprint density at radius 3 is 2.33 bits per heavy atom. The standard InChI is InChI=1S/C8H14N2O2/c1-8(2,3)10-5-4-9-6(11)7(10)12/h4-5H2,1-3H3,(H,9,11). The van der Waals surface area contributed by atoms with E-state index < -0.39 is 11.8 Å². The first-order valence-corrected chi connectivity index (χ1v) is 4.03. The van der Waals surface area contributed by atoms with Gasteiger partial charge in [0.05, 0.1) is 0 Å². The Morgan fingerprint density at radius 1 is 1.33 bits per heavy atom. The summed E-state index contributed by atoms with van der Waals surface area (Å²) in [6, 6.07) is 0. The van der Waals surface area contributed by atoms with E-state index in [0.29, 0.717) is 13.1 Å². The fourth-order valence-electron chi connectivity index (χ4n) is 1.22. The van der Waals surface area contributed by atoms with Gasteiger partial charge in [-0.3, -0.25) is 9.59 Å². The summed E-state index contributed by atoms with van der Waals surface area (Å²) in [5, 5.41) is 2.50. The quantitative estimate of drug-likeness (QED) is 0.509. The number of rotatable bonds is 0. The lowest BCUT2D eigenvalue weighted by Gasteiger charge is -2.37. The first kappa shape index (κ1) is 9.03. The summed E-state index contributed by atoms with van der Waals surface area (Å²) in [5.41, 5.74) is -0.255. The number of carbonyl (C=O) groups excluding carboxylic acids is 2. The highest BCUT2D eigenvalue weighted by molar-refractivity contribution is 6.35. The topological polar surface area (TPSA) is 49.4 Å². The van der Waals surface area contributed by atoms with E-state index in [9.17, 15) is 9.59 Å². The lowest BCUT2D eigenvalue weighted by Crippen LogP contribution is -2.58. The molecule has 0 unspecified atom stereocenters. The molecule has 1 fully saturated rings. The Morgan fingerprint density at radius 2 is 1.92 bits per heavy atom. The van der Waals surface area contributed by atoms with Crippen molar-refractivity contribution in [1.82, 2.24) is 10.2 Å². The van der Waals surface area contributed by atoms with Gasteiger partial charge >= 0.3 is 11.8 Å². The largest absolute Gasteiger partial charge is 0.346 e. The maximum atomic E-state index is 11.3. The van der Waals surface area contributed by atoms with Gasteiger partial charge in [0, 0.05) is 18.6 Å². The smallest absolute Gasteiger partial charge is 0.312 e. The van der Waals surface area contributed by atoms with Crippen LogP contribution in [-0.4, -0.2) is 35.3 Å². The van der Waals surface area contributed by atoms with Gasteiger partial charge in [0.1, 0.15) is 0 Å². The molecule has 1 saturated heterocycles. The molecule has 1 N–H and O–H groups in total. The third kappa shape index (κ3) is 1.57. The van der Waals surface area contributed by atoms with Crippen LogP contribution in [0.1, 0.15) is 20.8 Å². The lowest BCUT2D eigenvalue weighted by molar-refractivity contribution is -0.151. The highest BCUT2D eigenvalue weighted by Gasteiger charge is 2.33. The minimum atomic E-state index is -0.490. The molecule has 0 bridgehead atoms. The molecule has 0 aromatic heterocycles. The second kappa shape index (κ2) is 2.77. The summed E-state index contributed by atoms with van der Waals surface area (Å²) in [6.07, 6.45) is 0. The van der Waals surface area contributed by atoms with Gasteiger partial charge in [0.2, 0.25) is 0 Å². The highest BCUT2D eigenvalue weighted by Crippen LogP contribution is 2.14. The second-order valence-corrected chi connectivity index (χ2v) is 3.88. The van der Waals surface area contributed by atoms with Crippen LogP contribution in [0.2, 0.25) is 0 Å². The van der Waals surface area contributed by atoms with Gasteiger partial charge in [-0.05, 0) is 20.8 Å². The molecule has 2 amide bonds. The van der Waals surface area contributed by atoms with Crippen molar-refractivity contribution < 1.29 is 9.59 Å². The molecule has 0 aromatic carbocycles. The normalized spacial score (nSPS) is 19.4. The number of hydrogen-bond acceptors (Lipinski definition) is 2. The van der Waals surface area contributed by atoms with Gasteiger partial charge < -0.3 is 10.2 Å². The molecule has 0 aliphatic carbocycles. The Kier molecular flexibility index (Phi) is 2.08. The Bertz CT molecular complexity index is 218. The summed E-state index contributed by atoms with van der Waals surface area (Å²) in [4.78, 5) is 23.8. The summed E-state index contributed by atoms with van der Waals surface area (Å²) in [6.45, 7) is 6.92. The highest BCUT2D eigenvalue weighted by atomic mass is 16.2. The summed E-state index contributed by atoms with van der Waals surface area (Å²) in [5.74, 6) is -0.912. The third-order valence-corrected chi connectivity index (χ3v) is 1.87. The van der Waals surface area contributed by atoms with Crippen LogP contribution < -0.4 is 5.32 Å². The molecule has 1 rings (SSSR count). The zero-order chi connectivity index (χ0) is 9.35. The molecular weight excluding hydrogens is 156 g/mol. The van der Waals surface area contributed by atoms with Crippen LogP contribution in [0, 0.1) is 0 Å². The van der Waals surface area contributed by atoms with Crippen LogP contribution in [0.3, 0.4) is 0 Å². The van der Waals surface area contributed by atoms with Gasteiger partial charge in [-0.15, -0.1) is 0 Å². The number of hydrogen-bond donors (Lipinski definition) is 1. The minimum absolute atomic E-state index is 0.255. The van der Waals surface area contributed by atoms with Crippen LogP contribution in [0.4, 0.5) is 0 Å². The number of carbonyl (C=O) groups is 2. The van der Waals surface area contributed by atoms with Crippen molar-refractivity contribution >= 4 is 11.8 Å². The van der Waals surface area contributed by atoms with E-state index in [1.165, 1.54) is 0 Å². The van der Waals surface area contributed by atoms with Gasteiger partial charge in [-0.1, -0.05) is 0 Å². The fraction of sp³-hybridized carbons (Fsp3) is 0.750. The SMILES string of the molecule is CC(C)(C)N1CCNC(=O)C1=O. The molecule has 68 valence electrons. The first-order valence-electron chi connectivity index (χ1n) is 4.03. The van der Waals surface area contributed by atoms with Crippen molar-refractivity contribution in [3.05, 3.63) is 0 Å². The number of nitrogens with zero attached hydrogens (tertiary/aromatic N) is 1. The van der Waals surface area contributed by atoms with E-state index in [1.807, 2.05) is 20.8 Å². The number of nitrogens with one attached hydrogen (secondary N) is 1. The predicted molar refractivity (Wildman–Crippen MR) is 44.5 cm³/mol. The van der Waals surface area contributed by atoms with Crippen LogP contribution in [-0.2, 0) is 9.59 Å². The zero-order valence-corrected chi connectivity index (χ0v) is 7.68. The molecule has 1 aliphatic heterocycles. The molecule has 0 atom stereocenters. The number of amides is 2. The van der Waals surface area contributed by atoms with Gasteiger partial charge in [0.25, 0.3) is 0 Å². The molecule has 4 nitrogen and oxygen atoms in total. The molecule has 1 heterocycles. The summed E-state index contributed by atoms with van der Waals surface area (Å²) >= 11 is 0. The van der Waals surface area contributed by atoms with E-state index in [2.05, 4.69) is 5.32 Å². The van der Waals surface area contributed by atoms with Crippen LogP contribution in [0.5, 0.6) is 0 Å². The van der Waals surface area contributed by atoms with Crippen molar-refractivity contribution in [2.24, 2.45) is 0 Å². The molecule has 4 heteroatoms. The van der Waals surface area contributed by atoms with Gasteiger partial charge in [-0.2, -0.15) is 0 Å². The van der Waals surface area contributed by atoms with Crippen molar-refractivity contribution in [3.8, 4) is 0 Å². The number of piperazine rings is 1. The van der Waals surface area contributed by atoms with E-state index in [4.69, 9.17) is 0 Å². The maximum absolute atomic E-state index is 11.3. The third-order valence-electron chi connectivity index (χ3n) is 1.87. The molecule has 0 saturated carbocycles. The molecular formula is C8H14N2O2. The van der Waals surface area contributed by atoms with Gasteiger partial charge in [-0.25, -0.2) is 0 Å². The van der Waals surface area contributed by atoms with Crippen molar-refractivity contribution in [3.63, 3.8) is 0 Å². The van der Waals surface area contributed by atoms with E-state index >= 15 is 0 Å². The summed E-state index contributed by atoms with van der Waals surface area (Å²) in [7, 11) is 0. The van der Waals surface area contributed by atoms with Crippen molar-refractivity contribution in [2.45, 2.75) is 26.3 Å². The molecule has 0 aromatic rings. The molecule has 0 radical (unpaired) electrons. The molecule has 0 spiro atoms. The zero-order valence-electron chi connectivity index (χ0n) is 7.68. The first-order chi connectivity index (χ1) is 5.43. The second-order valence-electron chi connectivity index (χ2n) is 3.88. The van der Waals surface area contributed by atoms with Crippen LogP contribution in [0.15, 0.2) is 0 Å². The summed E-state index contributed by atoms with van der Waals surface area (Å²) < 4.78 is 0. The Balaban J connectivity index is 2.78. The van der Waals surface area contributed by atoms with Gasteiger partial charge in [0.15, 0.2) is 0 Å². The fourth-order valence-corrected chi connectivity index (χ4v) is 1.22. The minimum Gasteiger partial charge on any atom is -0.346 e. The van der Waals surface area contributed by atoms with Crippen LogP contribution >= 0.6 is 0 Å². The predicted octanol–water partition coefficient (Wildman–Crippen LogP) is -0.257.